The van der Waals surface area contributed by atoms with E-state index in [1.54, 1.807) is 6.07 Å². The number of likely N-dealkylation sites (tertiary alicyclic amines) is 1. The summed E-state index contributed by atoms with van der Waals surface area (Å²) in [6.07, 6.45) is -1.73. The van der Waals surface area contributed by atoms with Crippen molar-refractivity contribution in [2.24, 2.45) is 0 Å². The zero-order valence-electron chi connectivity index (χ0n) is 16.5. The number of alkyl halides is 3. The second-order valence-corrected chi connectivity index (χ2v) is 8.46. The van der Waals surface area contributed by atoms with Gasteiger partial charge >= 0.3 is 12.3 Å². The molecule has 2 aromatic carbocycles. The highest BCUT2D eigenvalue weighted by molar-refractivity contribution is 5.78. The van der Waals surface area contributed by atoms with Crippen LogP contribution in [0.3, 0.4) is 0 Å². The first-order valence-electron chi connectivity index (χ1n) is 10.4. The third-order valence-electron chi connectivity index (χ3n) is 6.79. The van der Waals surface area contributed by atoms with Crippen molar-refractivity contribution in [3.05, 3.63) is 53.1 Å². The van der Waals surface area contributed by atoms with E-state index in [2.05, 4.69) is 4.90 Å². The molecule has 4 nitrogen and oxygen atoms in total. The van der Waals surface area contributed by atoms with Gasteiger partial charge in [0.15, 0.2) is 0 Å². The normalized spacial score (nSPS) is 23.0. The standard InChI is InChI=1S/C23H23F3N2O2/c24-23(25,26)19-7-2-1-6-16(19)15-11-14-5-3-4-9-28-20-8-10-27(22(29)30)13-18(20)17(12-15)21(14)28/h1-2,6-7,11-12,18,20H,3-5,8-10,13H2,(H,29,30)/t18-,20-/m0/s1. The maximum Gasteiger partial charge on any atom is 0.417 e. The average molecular weight is 416 g/mol. The van der Waals surface area contributed by atoms with Crippen molar-refractivity contribution in [2.45, 2.75) is 43.8 Å². The van der Waals surface area contributed by atoms with Crippen molar-refractivity contribution in [2.75, 3.05) is 24.5 Å². The number of benzene rings is 2. The van der Waals surface area contributed by atoms with E-state index in [1.165, 1.54) is 17.0 Å². The predicted molar refractivity (Wildman–Crippen MR) is 108 cm³/mol. The van der Waals surface area contributed by atoms with Gasteiger partial charge in [0.2, 0.25) is 0 Å². The van der Waals surface area contributed by atoms with E-state index < -0.39 is 17.8 Å². The monoisotopic (exact) mass is 416 g/mol. The van der Waals surface area contributed by atoms with Gasteiger partial charge < -0.3 is 14.9 Å². The van der Waals surface area contributed by atoms with E-state index in [0.29, 0.717) is 18.7 Å². The number of rotatable bonds is 1. The number of aryl methyl sites for hydroxylation is 1. The summed E-state index contributed by atoms with van der Waals surface area (Å²) in [5.74, 6) is -0.000279. The maximum atomic E-state index is 13.7. The summed E-state index contributed by atoms with van der Waals surface area (Å²) in [6, 6.07) is 9.74. The number of carbonyl (C=O) groups is 1. The van der Waals surface area contributed by atoms with Crippen LogP contribution in [0.15, 0.2) is 36.4 Å². The number of halogens is 3. The lowest BCUT2D eigenvalue weighted by molar-refractivity contribution is -0.137. The van der Waals surface area contributed by atoms with Gasteiger partial charge in [0.1, 0.15) is 0 Å². The topological polar surface area (TPSA) is 43.8 Å². The van der Waals surface area contributed by atoms with Gasteiger partial charge in [-0.2, -0.15) is 13.2 Å². The van der Waals surface area contributed by atoms with Crippen LogP contribution in [-0.4, -0.2) is 41.8 Å². The first-order chi connectivity index (χ1) is 14.3. The van der Waals surface area contributed by atoms with Crippen LogP contribution in [0.5, 0.6) is 0 Å². The lowest BCUT2D eigenvalue weighted by Gasteiger charge is -2.37. The summed E-state index contributed by atoms with van der Waals surface area (Å²) in [7, 11) is 0. The molecule has 0 spiro atoms. The van der Waals surface area contributed by atoms with Gasteiger partial charge in [-0.3, -0.25) is 0 Å². The quantitative estimate of drug-likeness (QED) is 0.680. The minimum Gasteiger partial charge on any atom is -0.465 e. The van der Waals surface area contributed by atoms with Gasteiger partial charge in [0.05, 0.1) is 5.56 Å². The maximum absolute atomic E-state index is 13.7. The van der Waals surface area contributed by atoms with E-state index in [-0.39, 0.29) is 17.5 Å². The van der Waals surface area contributed by atoms with E-state index in [4.69, 9.17) is 0 Å². The molecule has 2 aromatic rings. The van der Waals surface area contributed by atoms with Crippen LogP contribution in [0.25, 0.3) is 11.1 Å². The van der Waals surface area contributed by atoms with Gasteiger partial charge in [-0.05, 0) is 66.1 Å². The SMILES string of the molecule is O=C(O)N1CC[C@H]2[C@@H](C1)c1cc(-c3ccccc3C(F)(F)F)cc3c1N2CCCC3. The second-order valence-electron chi connectivity index (χ2n) is 8.46. The minimum absolute atomic E-state index is 0.000279. The van der Waals surface area contributed by atoms with Crippen LogP contribution >= 0.6 is 0 Å². The molecule has 30 heavy (non-hydrogen) atoms. The molecule has 1 saturated heterocycles. The molecule has 1 N–H and O–H groups in total. The highest BCUT2D eigenvalue weighted by Crippen LogP contribution is 2.50. The first-order valence-corrected chi connectivity index (χ1v) is 10.4. The van der Waals surface area contributed by atoms with E-state index in [9.17, 15) is 23.1 Å². The van der Waals surface area contributed by atoms with Gasteiger partial charge in [0.25, 0.3) is 0 Å². The number of hydrogen-bond acceptors (Lipinski definition) is 2. The van der Waals surface area contributed by atoms with Gasteiger partial charge in [0, 0.05) is 37.3 Å². The Balaban J connectivity index is 1.67. The highest BCUT2D eigenvalue weighted by atomic mass is 19.4. The van der Waals surface area contributed by atoms with Gasteiger partial charge in [-0.15, -0.1) is 0 Å². The molecule has 0 aliphatic carbocycles. The Kier molecular flexibility index (Phi) is 4.45. The fourth-order valence-corrected chi connectivity index (χ4v) is 5.51. The van der Waals surface area contributed by atoms with Crippen molar-refractivity contribution in [3.63, 3.8) is 0 Å². The fourth-order valence-electron chi connectivity index (χ4n) is 5.51. The predicted octanol–water partition coefficient (Wildman–Crippen LogP) is 5.36. The zero-order valence-corrected chi connectivity index (χ0v) is 16.5. The highest BCUT2D eigenvalue weighted by Gasteiger charge is 2.44. The molecule has 3 aliphatic heterocycles. The summed E-state index contributed by atoms with van der Waals surface area (Å²) in [5, 5.41) is 9.49. The van der Waals surface area contributed by atoms with Crippen LogP contribution in [0.2, 0.25) is 0 Å². The second kappa shape index (κ2) is 6.93. The number of piperidine rings is 1. The molecule has 0 aromatic heterocycles. The smallest absolute Gasteiger partial charge is 0.417 e. The number of carboxylic acid groups (broad SMARTS) is 1. The lowest BCUT2D eigenvalue weighted by atomic mass is 9.85. The molecule has 0 bridgehead atoms. The number of fused-ring (bicyclic) bond motifs is 3. The minimum atomic E-state index is -4.43. The molecule has 0 saturated carbocycles. The van der Waals surface area contributed by atoms with E-state index in [0.717, 1.165) is 55.1 Å². The van der Waals surface area contributed by atoms with Crippen molar-refractivity contribution in [1.82, 2.24) is 4.90 Å². The number of amides is 1. The van der Waals surface area contributed by atoms with E-state index >= 15 is 0 Å². The Morgan fingerprint density at radius 2 is 1.90 bits per heavy atom. The van der Waals surface area contributed by atoms with Gasteiger partial charge in [-0.1, -0.05) is 18.2 Å². The molecule has 7 heteroatoms. The summed E-state index contributed by atoms with van der Waals surface area (Å²) < 4.78 is 41.0. The molecule has 0 radical (unpaired) electrons. The molecule has 1 fully saturated rings. The largest absolute Gasteiger partial charge is 0.465 e. The Hall–Kier alpha value is -2.70. The summed E-state index contributed by atoms with van der Waals surface area (Å²) in [6.45, 7) is 1.82. The van der Waals surface area contributed by atoms with Crippen molar-refractivity contribution in [1.29, 1.82) is 0 Å². The molecule has 0 unspecified atom stereocenters. The molecular weight excluding hydrogens is 393 g/mol. The third-order valence-corrected chi connectivity index (χ3v) is 6.79. The van der Waals surface area contributed by atoms with Crippen LogP contribution in [0.1, 0.15) is 41.9 Å². The number of hydrogen-bond donors (Lipinski definition) is 1. The number of anilines is 1. The molecule has 2 atom stereocenters. The van der Waals surface area contributed by atoms with Crippen molar-refractivity contribution >= 4 is 11.8 Å². The van der Waals surface area contributed by atoms with E-state index in [1.807, 2.05) is 12.1 Å². The Morgan fingerprint density at radius 1 is 1.10 bits per heavy atom. The molecule has 158 valence electrons. The first kappa shape index (κ1) is 19.3. The molecule has 3 aliphatic rings. The van der Waals surface area contributed by atoms with Gasteiger partial charge in [-0.25, -0.2) is 4.79 Å². The average Bonchev–Trinajstić information content (AvgIpc) is 2.87. The number of nitrogens with zero attached hydrogens (tertiary/aromatic N) is 2. The van der Waals surface area contributed by atoms with Crippen molar-refractivity contribution < 1.29 is 23.1 Å². The summed E-state index contributed by atoms with van der Waals surface area (Å²) >= 11 is 0. The summed E-state index contributed by atoms with van der Waals surface area (Å²) in [4.78, 5) is 15.4. The fraction of sp³-hybridized carbons (Fsp3) is 0.435. The molecule has 1 amide bonds. The molecular formula is C23H23F3N2O2. The lowest BCUT2D eigenvalue weighted by Crippen LogP contribution is -2.48. The summed E-state index contributed by atoms with van der Waals surface area (Å²) in [5.41, 5.74) is 3.38. The van der Waals surface area contributed by atoms with Crippen LogP contribution < -0.4 is 4.90 Å². The van der Waals surface area contributed by atoms with Crippen LogP contribution in [-0.2, 0) is 12.6 Å². The van der Waals surface area contributed by atoms with Crippen LogP contribution in [0.4, 0.5) is 23.7 Å². The van der Waals surface area contributed by atoms with Crippen molar-refractivity contribution in [3.8, 4) is 11.1 Å². The zero-order chi connectivity index (χ0) is 21.0. The Morgan fingerprint density at radius 3 is 2.67 bits per heavy atom. The van der Waals surface area contributed by atoms with Crippen LogP contribution in [0, 0.1) is 0 Å². The molecule has 5 rings (SSSR count). The Labute approximate surface area is 172 Å². The third kappa shape index (κ3) is 3.02. The Bertz CT molecular complexity index is 1000. The molecule has 3 heterocycles.